The standard InChI is InChI=1S/C12H26N2S/c1-2-3-4-5-8-11(14-13)12-9-6-7-10-15-12/h11-12,14H,2-10,13H2,1H3. The lowest BCUT2D eigenvalue weighted by molar-refractivity contribution is 0.430. The summed E-state index contributed by atoms with van der Waals surface area (Å²) < 4.78 is 0. The first-order valence-corrected chi connectivity index (χ1v) is 7.51. The zero-order valence-corrected chi connectivity index (χ0v) is 10.8. The first kappa shape index (κ1) is 13.3. The molecule has 1 aliphatic heterocycles. The normalized spacial score (nSPS) is 24.0. The second kappa shape index (κ2) is 8.43. The summed E-state index contributed by atoms with van der Waals surface area (Å²) in [5.41, 5.74) is 3.03. The first-order valence-electron chi connectivity index (χ1n) is 6.46. The van der Waals surface area contributed by atoms with E-state index in [2.05, 4.69) is 24.1 Å². The van der Waals surface area contributed by atoms with Gasteiger partial charge in [-0.1, -0.05) is 39.0 Å². The minimum absolute atomic E-state index is 0.548. The van der Waals surface area contributed by atoms with Crippen molar-refractivity contribution in [1.82, 2.24) is 5.43 Å². The average Bonchev–Trinajstić information content (AvgIpc) is 2.30. The van der Waals surface area contributed by atoms with Crippen LogP contribution in [0.25, 0.3) is 0 Å². The molecule has 1 heterocycles. The van der Waals surface area contributed by atoms with Gasteiger partial charge in [0, 0.05) is 11.3 Å². The van der Waals surface area contributed by atoms with E-state index in [4.69, 9.17) is 5.84 Å². The third-order valence-corrected chi connectivity index (χ3v) is 4.76. The number of rotatable bonds is 7. The summed E-state index contributed by atoms with van der Waals surface area (Å²) >= 11 is 2.12. The van der Waals surface area contributed by atoms with Gasteiger partial charge in [-0.2, -0.15) is 11.8 Å². The fourth-order valence-corrected chi connectivity index (χ4v) is 3.70. The highest BCUT2D eigenvalue weighted by molar-refractivity contribution is 8.00. The van der Waals surface area contributed by atoms with E-state index in [0.717, 1.165) is 5.25 Å². The van der Waals surface area contributed by atoms with E-state index in [-0.39, 0.29) is 0 Å². The van der Waals surface area contributed by atoms with Crippen molar-refractivity contribution in [2.45, 2.75) is 69.6 Å². The fourth-order valence-electron chi connectivity index (χ4n) is 2.25. The van der Waals surface area contributed by atoms with Crippen LogP contribution in [0.1, 0.15) is 58.3 Å². The van der Waals surface area contributed by atoms with Crippen LogP contribution in [0.15, 0.2) is 0 Å². The molecular formula is C12H26N2S. The lowest BCUT2D eigenvalue weighted by Gasteiger charge is -2.29. The molecule has 15 heavy (non-hydrogen) atoms. The highest BCUT2D eigenvalue weighted by Gasteiger charge is 2.22. The maximum absolute atomic E-state index is 5.66. The Morgan fingerprint density at radius 1 is 1.33 bits per heavy atom. The molecule has 0 aromatic rings. The van der Waals surface area contributed by atoms with Crippen molar-refractivity contribution in [3.63, 3.8) is 0 Å². The highest BCUT2D eigenvalue weighted by Crippen LogP contribution is 2.29. The molecule has 0 aliphatic carbocycles. The van der Waals surface area contributed by atoms with Crippen LogP contribution < -0.4 is 11.3 Å². The van der Waals surface area contributed by atoms with Crippen LogP contribution >= 0.6 is 11.8 Å². The van der Waals surface area contributed by atoms with Crippen molar-refractivity contribution >= 4 is 11.8 Å². The topological polar surface area (TPSA) is 38.0 Å². The van der Waals surface area contributed by atoms with E-state index < -0.39 is 0 Å². The van der Waals surface area contributed by atoms with Crippen LogP contribution in [-0.2, 0) is 0 Å². The molecule has 0 aromatic carbocycles. The fraction of sp³-hybridized carbons (Fsp3) is 1.00. The van der Waals surface area contributed by atoms with E-state index in [1.54, 1.807) is 0 Å². The molecule has 90 valence electrons. The largest absolute Gasteiger partial charge is 0.271 e. The monoisotopic (exact) mass is 230 g/mol. The molecule has 0 spiro atoms. The summed E-state index contributed by atoms with van der Waals surface area (Å²) in [6.45, 7) is 2.26. The molecule has 0 bridgehead atoms. The van der Waals surface area contributed by atoms with Gasteiger partial charge in [0.15, 0.2) is 0 Å². The van der Waals surface area contributed by atoms with Crippen LogP contribution in [0.4, 0.5) is 0 Å². The number of thioether (sulfide) groups is 1. The molecule has 1 rings (SSSR count). The molecule has 0 amide bonds. The maximum atomic E-state index is 5.66. The van der Waals surface area contributed by atoms with Crippen LogP contribution in [-0.4, -0.2) is 17.0 Å². The van der Waals surface area contributed by atoms with Crippen LogP contribution in [0.5, 0.6) is 0 Å². The minimum atomic E-state index is 0.548. The molecule has 2 unspecified atom stereocenters. The lowest BCUT2D eigenvalue weighted by atomic mass is 10.0. The van der Waals surface area contributed by atoms with Crippen molar-refractivity contribution in [2.75, 3.05) is 5.75 Å². The van der Waals surface area contributed by atoms with E-state index >= 15 is 0 Å². The summed E-state index contributed by atoms with van der Waals surface area (Å²) in [5, 5.41) is 0.769. The smallest absolute Gasteiger partial charge is 0.0329 e. The Bertz CT molecular complexity index is 147. The number of unbranched alkanes of at least 4 members (excludes halogenated alkanes) is 3. The average molecular weight is 230 g/mol. The lowest BCUT2D eigenvalue weighted by Crippen LogP contribution is -2.43. The second-order valence-electron chi connectivity index (χ2n) is 4.53. The van der Waals surface area contributed by atoms with E-state index in [0.29, 0.717) is 6.04 Å². The molecule has 3 N–H and O–H groups in total. The summed E-state index contributed by atoms with van der Waals surface area (Å²) in [4.78, 5) is 0. The van der Waals surface area contributed by atoms with Gasteiger partial charge in [-0.3, -0.25) is 11.3 Å². The van der Waals surface area contributed by atoms with Gasteiger partial charge < -0.3 is 0 Å². The van der Waals surface area contributed by atoms with Crippen molar-refractivity contribution in [3.05, 3.63) is 0 Å². The van der Waals surface area contributed by atoms with Crippen molar-refractivity contribution in [2.24, 2.45) is 5.84 Å². The van der Waals surface area contributed by atoms with Crippen LogP contribution in [0, 0.1) is 0 Å². The summed E-state index contributed by atoms with van der Waals surface area (Å²) in [5.74, 6) is 6.99. The van der Waals surface area contributed by atoms with Crippen LogP contribution in [0.3, 0.4) is 0 Å². The molecular weight excluding hydrogens is 204 g/mol. The zero-order valence-electron chi connectivity index (χ0n) is 10.0. The maximum Gasteiger partial charge on any atom is 0.0329 e. The Kier molecular flexibility index (Phi) is 7.49. The third-order valence-electron chi connectivity index (χ3n) is 3.25. The van der Waals surface area contributed by atoms with Crippen molar-refractivity contribution < 1.29 is 0 Å². The number of hydrazine groups is 1. The van der Waals surface area contributed by atoms with Crippen molar-refractivity contribution in [1.29, 1.82) is 0 Å². The summed E-state index contributed by atoms with van der Waals surface area (Å²) in [6, 6.07) is 0.548. The SMILES string of the molecule is CCCCCCC(NN)C1CCCCS1. The molecule has 1 aliphatic rings. The summed E-state index contributed by atoms with van der Waals surface area (Å²) in [7, 11) is 0. The number of nitrogens with one attached hydrogen (secondary N) is 1. The number of hydrogen-bond donors (Lipinski definition) is 2. The van der Waals surface area contributed by atoms with Gasteiger partial charge in [0.05, 0.1) is 0 Å². The Balaban J connectivity index is 2.15. The second-order valence-corrected chi connectivity index (χ2v) is 5.87. The molecule has 2 nitrogen and oxygen atoms in total. The Labute approximate surface area is 98.7 Å². The first-order chi connectivity index (χ1) is 7.38. The summed E-state index contributed by atoms with van der Waals surface area (Å²) in [6.07, 6.45) is 10.8. The van der Waals surface area contributed by atoms with Gasteiger partial charge in [-0.15, -0.1) is 0 Å². The van der Waals surface area contributed by atoms with Gasteiger partial charge in [0.25, 0.3) is 0 Å². The quantitative estimate of drug-likeness (QED) is 0.401. The third kappa shape index (κ3) is 5.23. The van der Waals surface area contributed by atoms with Gasteiger partial charge in [0.1, 0.15) is 0 Å². The highest BCUT2D eigenvalue weighted by atomic mass is 32.2. The molecule has 1 fully saturated rings. The molecule has 0 saturated carbocycles. The van der Waals surface area contributed by atoms with Crippen LogP contribution in [0.2, 0.25) is 0 Å². The van der Waals surface area contributed by atoms with E-state index in [9.17, 15) is 0 Å². The zero-order chi connectivity index (χ0) is 10.9. The van der Waals surface area contributed by atoms with Crippen molar-refractivity contribution in [3.8, 4) is 0 Å². The van der Waals surface area contributed by atoms with Gasteiger partial charge in [-0.25, -0.2) is 0 Å². The van der Waals surface area contributed by atoms with E-state index in [1.807, 2.05) is 0 Å². The Morgan fingerprint density at radius 3 is 2.80 bits per heavy atom. The molecule has 0 aromatic heterocycles. The molecule has 1 saturated heterocycles. The number of nitrogens with two attached hydrogens (primary N) is 1. The Hall–Kier alpha value is 0.270. The van der Waals surface area contributed by atoms with Gasteiger partial charge in [0.2, 0.25) is 0 Å². The van der Waals surface area contributed by atoms with Gasteiger partial charge >= 0.3 is 0 Å². The Morgan fingerprint density at radius 2 is 2.20 bits per heavy atom. The van der Waals surface area contributed by atoms with Gasteiger partial charge in [-0.05, 0) is 25.0 Å². The molecule has 0 radical (unpaired) electrons. The molecule has 2 atom stereocenters. The number of hydrogen-bond acceptors (Lipinski definition) is 3. The minimum Gasteiger partial charge on any atom is -0.271 e. The molecule has 3 heteroatoms. The predicted octanol–water partition coefficient (Wildman–Crippen LogP) is 3.07. The predicted molar refractivity (Wildman–Crippen MR) is 70.0 cm³/mol. The van der Waals surface area contributed by atoms with E-state index in [1.165, 1.54) is 57.1 Å².